The molecule has 2 aromatic carbocycles. The average molecular weight is 432 g/mol. The first-order chi connectivity index (χ1) is 13.9. The second kappa shape index (κ2) is 8.86. The summed E-state index contributed by atoms with van der Waals surface area (Å²) in [5, 5.41) is 12.7. The first kappa shape index (κ1) is 20.5. The molecule has 0 aliphatic carbocycles. The molecule has 1 heterocycles. The number of furan rings is 1. The number of anilines is 1. The highest BCUT2D eigenvalue weighted by Crippen LogP contribution is 2.29. The van der Waals surface area contributed by atoms with Gasteiger partial charge in [-0.2, -0.15) is 0 Å². The van der Waals surface area contributed by atoms with E-state index in [0.29, 0.717) is 32.9 Å². The van der Waals surface area contributed by atoms with Crippen molar-refractivity contribution in [1.29, 1.82) is 0 Å². The lowest BCUT2D eigenvalue weighted by Crippen LogP contribution is -2.10. The number of rotatable bonds is 6. The van der Waals surface area contributed by atoms with Gasteiger partial charge in [0.25, 0.3) is 0 Å². The molecule has 0 aliphatic heterocycles. The van der Waals surface area contributed by atoms with Crippen molar-refractivity contribution in [3.63, 3.8) is 0 Å². The van der Waals surface area contributed by atoms with Crippen LogP contribution in [0.25, 0.3) is 17.4 Å². The molecule has 0 bridgehead atoms. The molecular weight excluding hydrogens is 417 g/mol. The third-order valence-electron chi connectivity index (χ3n) is 3.88. The van der Waals surface area contributed by atoms with E-state index in [1.807, 2.05) is 0 Å². The van der Waals surface area contributed by atoms with Gasteiger partial charge in [0, 0.05) is 21.7 Å². The molecule has 0 fully saturated rings. The van der Waals surface area contributed by atoms with E-state index in [1.54, 1.807) is 30.3 Å². The highest BCUT2D eigenvalue weighted by Gasteiger charge is 2.11. The summed E-state index contributed by atoms with van der Waals surface area (Å²) in [4.78, 5) is 23.3. The second-order valence-electron chi connectivity index (χ2n) is 5.90. The van der Waals surface area contributed by atoms with Gasteiger partial charge in [0.2, 0.25) is 5.91 Å². The first-order valence-corrected chi connectivity index (χ1v) is 9.08. The number of carboxylic acids is 1. The molecule has 8 heteroatoms. The van der Waals surface area contributed by atoms with Crippen LogP contribution in [0.4, 0.5) is 5.69 Å². The van der Waals surface area contributed by atoms with Crippen molar-refractivity contribution in [3.05, 3.63) is 76.0 Å². The summed E-state index contributed by atoms with van der Waals surface area (Å²) in [5.74, 6) is -0.254. The van der Waals surface area contributed by atoms with Gasteiger partial charge >= 0.3 is 5.97 Å². The molecule has 6 nitrogen and oxygen atoms in total. The predicted molar refractivity (Wildman–Crippen MR) is 112 cm³/mol. The highest BCUT2D eigenvalue weighted by atomic mass is 35.5. The van der Waals surface area contributed by atoms with Crippen LogP contribution in [0.3, 0.4) is 0 Å². The van der Waals surface area contributed by atoms with E-state index in [-0.39, 0.29) is 11.3 Å². The molecule has 0 spiro atoms. The van der Waals surface area contributed by atoms with Gasteiger partial charge in [0.05, 0.1) is 18.4 Å². The molecular formula is C21H15Cl2NO5. The zero-order valence-electron chi connectivity index (χ0n) is 15.1. The maximum atomic E-state index is 12.2. The highest BCUT2D eigenvalue weighted by molar-refractivity contribution is 6.35. The summed E-state index contributed by atoms with van der Waals surface area (Å²) in [6.07, 6.45) is 2.75. The zero-order chi connectivity index (χ0) is 21.0. The molecule has 3 aromatic rings. The Labute approximate surface area is 176 Å². The van der Waals surface area contributed by atoms with E-state index in [4.69, 9.17) is 37.5 Å². The Morgan fingerprint density at radius 1 is 1.07 bits per heavy atom. The molecule has 29 heavy (non-hydrogen) atoms. The SMILES string of the molecule is COc1ccc(C(=O)O)cc1NC(=O)/C=C/c1ccc(-c2cc(Cl)cc(Cl)c2)o1. The Bertz CT molecular complexity index is 1080. The lowest BCUT2D eigenvalue weighted by Gasteiger charge is -2.09. The van der Waals surface area contributed by atoms with Crippen molar-refractivity contribution in [2.75, 3.05) is 12.4 Å². The van der Waals surface area contributed by atoms with Gasteiger partial charge in [-0.25, -0.2) is 4.79 Å². The number of amides is 1. The van der Waals surface area contributed by atoms with Crippen LogP contribution in [0, 0.1) is 0 Å². The fourth-order valence-corrected chi connectivity index (χ4v) is 3.09. The van der Waals surface area contributed by atoms with Crippen LogP contribution in [0.1, 0.15) is 16.1 Å². The summed E-state index contributed by atoms with van der Waals surface area (Å²) in [6.45, 7) is 0. The van der Waals surface area contributed by atoms with Crippen molar-refractivity contribution in [2.24, 2.45) is 0 Å². The van der Waals surface area contributed by atoms with E-state index in [0.717, 1.165) is 0 Å². The molecule has 1 amide bonds. The van der Waals surface area contributed by atoms with Gasteiger partial charge in [-0.15, -0.1) is 0 Å². The van der Waals surface area contributed by atoms with Gasteiger partial charge in [-0.05, 0) is 54.6 Å². The average Bonchev–Trinajstić information content (AvgIpc) is 3.14. The number of benzene rings is 2. The smallest absolute Gasteiger partial charge is 0.335 e. The second-order valence-corrected chi connectivity index (χ2v) is 6.78. The Morgan fingerprint density at radius 3 is 2.45 bits per heavy atom. The van der Waals surface area contributed by atoms with Crippen LogP contribution in [0.5, 0.6) is 5.75 Å². The van der Waals surface area contributed by atoms with Gasteiger partial charge < -0.3 is 19.6 Å². The summed E-state index contributed by atoms with van der Waals surface area (Å²) in [7, 11) is 1.42. The number of hydrogen-bond acceptors (Lipinski definition) is 4. The molecule has 0 saturated heterocycles. The van der Waals surface area contributed by atoms with Crippen LogP contribution >= 0.6 is 23.2 Å². The number of carbonyl (C=O) groups is 2. The number of methoxy groups -OCH3 is 1. The lowest BCUT2D eigenvalue weighted by molar-refractivity contribution is -0.111. The topological polar surface area (TPSA) is 88.8 Å². The lowest BCUT2D eigenvalue weighted by atomic mass is 10.2. The standard InChI is InChI=1S/C21H15Cl2NO5/c1-28-19-5-2-12(21(26)27)10-17(19)24-20(25)7-4-16-3-6-18(29-16)13-8-14(22)11-15(23)9-13/h2-11H,1H3,(H,24,25)(H,26,27)/b7-4+. The number of nitrogens with one attached hydrogen (secondary N) is 1. The molecule has 1 aromatic heterocycles. The van der Waals surface area contributed by atoms with Crippen molar-refractivity contribution in [1.82, 2.24) is 0 Å². The van der Waals surface area contributed by atoms with E-state index < -0.39 is 11.9 Å². The van der Waals surface area contributed by atoms with Gasteiger partial charge in [-0.1, -0.05) is 23.2 Å². The van der Waals surface area contributed by atoms with E-state index in [2.05, 4.69) is 5.32 Å². The Morgan fingerprint density at radius 2 is 1.79 bits per heavy atom. The molecule has 0 aliphatic rings. The number of halogens is 2. The minimum absolute atomic E-state index is 0.0286. The third-order valence-corrected chi connectivity index (χ3v) is 4.31. The Balaban J connectivity index is 1.74. The van der Waals surface area contributed by atoms with Crippen LogP contribution in [-0.4, -0.2) is 24.1 Å². The molecule has 0 atom stereocenters. The van der Waals surface area contributed by atoms with Crippen LogP contribution < -0.4 is 10.1 Å². The molecule has 0 unspecified atom stereocenters. The minimum Gasteiger partial charge on any atom is -0.495 e. The number of ether oxygens (including phenoxy) is 1. The van der Waals surface area contributed by atoms with Gasteiger partial charge in [0.15, 0.2) is 0 Å². The molecule has 2 N–H and O–H groups in total. The molecule has 148 valence electrons. The first-order valence-electron chi connectivity index (χ1n) is 8.32. The largest absolute Gasteiger partial charge is 0.495 e. The number of aromatic carboxylic acids is 1. The zero-order valence-corrected chi connectivity index (χ0v) is 16.6. The van der Waals surface area contributed by atoms with Gasteiger partial charge in [0.1, 0.15) is 17.3 Å². The Hall–Kier alpha value is -3.22. The molecule has 0 saturated carbocycles. The predicted octanol–water partition coefficient (Wildman–Crippen LogP) is 5.61. The van der Waals surface area contributed by atoms with Crippen molar-refractivity contribution < 1.29 is 23.8 Å². The van der Waals surface area contributed by atoms with E-state index in [9.17, 15) is 9.59 Å². The number of carbonyl (C=O) groups excluding carboxylic acids is 1. The monoisotopic (exact) mass is 431 g/mol. The third kappa shape index (κ3) is 5.19. The minimum atomic E-state index is -1.11. The van der Waals surface area contributed by atoms with E-state index >= 15 is 0 Å². The number of carboxylic acid groups (broad SMARTS) is 1. The van der Waals surface area contributed by atoms with Crippen LogP contribution in [0.2, 0.25) is 10.0 Å². The summed E-state index contributed by atoms with van der Waals surface area (Å²) >= 11 is 12.0. The van der Waals surface area contributed by atoms with Crippen LogP contribution in [-0.2, 0) is 4.79 Å². The van der Waals surface area contributed by atoms with Crippen molar-refractivity contribution >= 4 is 46.8 Å². The summed E-state index contributed by atoms with van der Waals surface area (Å²) < 4.78 is 10.8. The fourth-order valence-electron chi connectivity index (χ4n) is 2.56. The normalized spacial score (nSPS) is 10.9. The Kier molecular flexibility index (Phi) is 6.26. The maximum absolute atomic E-state index is 12.2. The van der Waals surface area contributed by atoms with Crippen molar-refractivity contribution in [2.45, 2.75) is 0 Å². The number of hydrogen-bond donors (Lipinski definition) is 2. The molecule has 3 rings (SSSR count). The molecule has 0 radical (unpaired) electrons. The maximum Gasteiger partial charge on any atom is 0.335 e. The van der Waals surface area contributed by atoms with Crippen molar-refractivity contribution in [3.8, 4) is 17.1 Å². The fraction of sp³-hybridized carbons (Fsp3) is 0.0476. The quantitative estimate of drug-likeness (QED) is 0.494. The summed E-state index contributed by atoms with van der Waals surface area (Å²) in [6, 6.07) is 12.7. The van der Waals surface area contributed by atoms with E-state index in [1.165, 1.54) is 37.5 Å². The summed E-state index contributed by atoms with van der Waals surface area (Å²) in [5.41, 5.74) is 0.985. The van der Waals surface area contributed by atoms with Gasteiger partial charge in [-0.3, -0.25) is 4.79 Å². The van der Waals surface area contributed by atoms with Crippen LogP contribution in [0.15, 0.2) is 59.0 Å².